The zero-order valence-corrected chi connectivity index (χ0v) is 14.4. The highest BCUT2D eigenvalue weighted by Gasteiger charge is 2.12. The van der Waals surface area contributed by atoms with Crippen LogP contribution in [0, 0.1) is 11.6 Å². The highest BCUT2D eigenvalue weighted by Crippen LogP contribution is 2.18. The standard InChI is InChI=1S/C15H17F2N5O2S/c1-9(2)22-8-19-21-15(22)25-7-14(24)18-6-13(23)20-10-3-4-11(16)12(17)5-10/h3-5,8-9H,6-7H2,1-2H3,(H,18,24)(H,20,23). The molecule has 0 aliphatic rings. The van der Waals surface area contributed by atoms with Crippen molar-refractivity contribution in [2.45, 2.75) is 25.0 Å². The highest BCUT2D eigenvalue weighted by molar-refractivity contribution is 7.99. The zero-order chi connectivity index (χ0) is 18.4. The lowest BCUT2D eigenvalue weighted by Gasteiger charge is -2.09. The van der Waals surface area contributed by atoms with Crippen molar-refractivity contribution < 1.29 is 18.4 Å². The van der Waals surface area contributed by atoms with E-state index in [1.165, 1.54) is 17.8 Å². The average molecular weight is 369 g/mol. The minimum Gasteiger partial charge on any atom is -0.346 e. The number of hydrogen-bond donors (Lipinski definition) is 2. The number of carbonyl (C=O) groups is 2. The molecule has 0 radical (unpaired) electrons. The topological polar surface area (TPSA) is 88.9 Å². The molecule has 134 valence electrons. The molecule has 0 atom stereocenters. The molecule has 0 bridgehead atoms. The molecule has 0 aliphatic heterocycles. The largest absolute Gasteiger partial charge is 0.346 e. The van der Waals surface area contributed by atoms with Gasteiger partial charge in [-0.25, -0.2) is 8.78 Å². The number of carbonyl (C=O) groups excluding carboxylic acids is 2. The fraction of sp³-hybridized carbons (Fsp3) is 0.333. The Morgan fingerprint density at radius 3 is 2.68 bits per heavy atom. The summed E-state index contributed by atoms with van der Waals surface area (Å²) < 4.78 is 27.7. The van der Waals surface area contributed by atoms with Crippen LogP contribution in [0.3, 0.4) is 0 Å². The maximum Gasteiger partial charge on any atom is 0.243 e. The van der Waals surface area contributed by atoms with Crippen LogP contribution in [-0.2, 0) is 9.59 Å². The van der Waals surface area contributed by atoms with Crippen LogP contribution in [0.4, 0.5) is 14.5 Å². The van der Waals surface area contributed by atoms with E-state index < -0.39 is 17.5 Å². The number of hydrogen-bond acceptors (Lipinski definition) is 5. The molecular formula is C15H17F2N5O2S. The van der Waals surface area contributed by atoms with Gasteiger partial charge in [-0.05, 0) is 26.0 Å². The zero-order valence-electron chi connectivity index (χ0n) is 13.6. The SMILES string of the molecule is CC(C)n1cnnc1SCC(=O)NCC(=O)Nc1ccc(F)c(F)c1. The third-order valence-electron chi connectivity index (χ3n) is 3.08. The summed E-state index contributed by atoms with van der Waals surface area (Å²) in [4.78, 5) is 23.5. The molecule has 1 aromatic heterocycles. The van der Waals surface area contributed by atoms with E-state index in [1.54, 1.807) is 6.33 Å². The Bertz CT molecular complexity index is 766. The molecule has 0 saturated heterocycles. The minimum absolute atomic E-state index is 0.0733. The quantitative estimate of drug-likeness (QED) is 0.729. The fourth-order valence-corrected chi connectivity index (χ4v) is 2.70. The molecule has 0 unspecified atom stereocenters. The first-order chi connectivity index (χ1) is 11.9. The number of thioether (sulfide) groups is 1. The number of amides is 2. The molecule has 0 fully saturated rings. The molecule has 25 heavy (non-hydrogen) atoms. The van der Waals surface area contributed by atoms with Crippen molar-refractivity contribution in [1.82, 2.24) is 20.1 Å². The van der Waals surface area contributed by atoms with Crippen molar-refractivity contribution in [3.8, 4) is 0 Å². The summed E-state index contributed by atoms with van der Waals surface area (Å²) in [6.07, 6.45) is 1.58. The number of anilines is 1. The smallest absolute Gasteiger partial charge is 0.243 e. The van der Waals surface area contributed by atoms with E-state index in [-0.39, 0.29) is 29.9 Å². The highest BCUT2D eigenvalue weighted by atomic mass is 32.2. The summed E-state index contributed by atoms with van der Waals surface area (Å²) >= 11 is 1.20. The van der Waals surface area contributed by atoms with Crippen LogP contribution < -0.4 is 10.6 Å². The van der Waals surface area contributed by atoms with E-state index in [9.17, 15) is 18.4 Å². The Hall–Kier alpha value is -2.49. The maximum atomic E-state index is 13.1. The maximum absolute atomic E-state index is 13.1. The molecule has 0 saturated carbocycles. The van der Waals surface area contributed by atoms with Crippen LogP contribution in [0.1, 0.15) is 19.9 Å². The number of benzene rings is 1. The summed E-state index contributed by atoms with van der Waals surface area (Å²) in [6, 6.07) is 3.17. The minimum atomic E-state index is -1.06. The van der Waals surface area contributed by atoms with Gasteiger partial charge in [0.15, 0.2) is 16.8 Å². The molecule has 7 nitrogen and oxygen atoms in total. The Morgan fingerprint density at radius 2 is 2.00 bits per heavy atom. The normalized spacial score (nSPS) is 10.8. The van der Waals surface area contributed by atoms with Gasteiger partial charge in [-0.3, -0.25) is 9.59 Å². The summed E-state index contributed by atoms with van der Waals surface area (Å²) in [5.74, 6) is -2.90. The van der Waals surface area contributed by atoms with Gasteiger partial charge < -0.3 is 15.2 Å². The van der Waals surface area contributed by atoms with Crippen molar-refractivity contribution in [1.29, 1.82) is 0 Å². The van der Waals surface area contributed by atoms with Crippen LogP contribution in [0.2, 0.25) is 0 Å². The lowest BCUT2D eigenvalue weighted by atomic mass is 10.3. The van der Waals surface area contributed by atoms with Crippen molar-refractivity contribution in [3.63, 3.8) is 0 Å². The van der Waals surface area contributed by atoms with Gasteiger partial charge in [0.1, 0.15) is 6.33 Å². The molecule has 2 amide bonds. The van der Waals surface area contributed by atoms with Gasteiger partial charge in [0.25, 0.3) is 0 Å². The fourth-order valence-electron chi connectivity index (χ4n) is 1.83. The molecule has 2 rings (SSSR count). The molecular weight excluding hydrogens is 352 g/mol. The van der Waals surface area contributed by atoms with E-state index in [0.717, 1.165) is 12.1 Å². The van der Waals surface area contributed by atoms with E-state index in [4.69, 9.17) is 0 Å². The van der Waals surface area contributed by atoms with E-state index in [0.29, 0.717) is 5.16 Å². The van der Waals surface area contributed by atoms with Crippen LogP contribution >= 0.6 is 11.8 Å². The average Bonchev–Trinajstić information content (AvgIpc) is 3.03. The molecule has 10 heteroatoms. The Balaban J connectivity index is 1.76. The number of halogens is 2. The molecule has 0 aliphatic carbocycles. The molecule has 2 N–H and O–H groups in total. The second-order valence-electron chi connectivity index (χ2n) is 5.36. The second-order valence-corrected chi connectivity index (χ2v) is 6.30. The number of rotatable bonds is 7. The Morgan fingerprint density at radius 1 is 1.24 bits per heavy atom. The first-order valence-electron chi connectivity index (χ1n) is 7.40. The monoisotopic (exact) mass is 369 g/mol. The van der Waals surface area contributed by atoms with Crippen molar-refractivity contribution in [3.05, 3.63) is 36.2 Å². The van der Waals surface area contributed by atoms with Crippen LogP contribution in [-0.4, -0.2) is 38.9 Å². The first-order valence-corrected chi connectivity index (χ1v) is 8.39. The third-order valence-corrected chi connectivity index (χ3v) is 4.04. The molecule has 1 aromatic carbocycles. The third kappa shape index (κ3) is 5.52. The molecule has 2 aromatic rings. The second kappa shape index (κ2) is 8.56. The summed E-state index contributed by atoms with van der Waals surface area (Å²) in [5, 5.41) is 13.1. The number of nitrogens with one attached hydrogen (secondary N) is 2. The summed E-state index contributed by atoms with van der Waals surface area (Å²) in [7, 11) is 0. The van der Waals surface area contributed by atoms with Gasteiger partial charge in [-0.2, -0.15) is 0 Å². The van der Waals surface area contributed by atoms with Crippen molar-refractivity contribution in [2.75, 3.05) is 17.6 Å². The van der Waals surface area contributed by atoms with E-state index >= 15 is 0 Å². The summed E-state index contributed by atoms with van der Waals surface area (Å²) in [6.45, 7) is 3.65. The van der Waals surface area contributed by atoms with Gasteiger partial charge in [0, 0.05) is 17.8 Å². The first kappa shape index (κ1) is 18.8. The lowest BCUT2D eigenvalue weighted by molar-refractivity contribution is -0.122. The van der Waals surface area contributed by atoms with E-state index in [2.05, 4.69) is 20.8 Å². The van der Waals surface area contributed by atoms with Crippen molar-refractivity contribution in [2.24, 2.45) is 0 Å². The molecule has 1 heterocycles. The van der Waals surface area contributed by atoms with Crippen LogP contribution in [0.15, 0.2) is 29.7 Å². The predicted octanol–water partition coefficient (Wildman–Crippen LogP) is 1.98. The Labute approximate surface area is 147 Å². The van der Waals surface area contributed by atoms with Gasteiger partial charge in [-0.1, -0.05) is 11.8 Å². The molecule has 0 spiro atoms. The lowest BCUT2D eigenvalue weighted by Crippen LogP contribution is -2.34. The van der Waals surface area contributed by atoms with E-state index in [1.807, 2.05) is 18.4 Å². The van der Waals surface area contributed by atoms with Gasteiger partial charge >= 0.3 is 0 Å². The summed E-state index contributed by atoms with van der Waals surface area (Å²) in [5.41, 5.74) is 0.109. The van der Waals surface area contributed by atoms with Crippen molar-refractivity contribution >= 4 is 29.3 Å². The van der Waals surface area contributed by atoms with Crippen LogP contribution in [0.25, 0.3) is 0 Å². The van der Waals surface area contributed by atoms with Gasteiger partial charge in [0.05, 0.1) is 12.3 Å². The number of aromatic nitrogens is 3. The van der Waals surface area contributed by atoms with Crippen LogP contribution in [0.5, 0.6) is 0 Å². The Kier molecular flexibility index (Phi) is 6.45. The van der Waals surface area contributed by atoms with Gasteiger partial charge in [0.2, 0.25) is 11.8 Å². The van der Waals surface area contributed by atoms with Gasteiger partial charge in [-0.15, -0.1) is 10.2 Å². The number of nitrogens with zero attached hydrogens (tertiary/aromatic N) is 3. The predicted molar refractivity (Wildman–Crippen MR) is 89.1 cm³/mol.